The zero-order valence-corrected chi connectivity index (χ0v) is 10.7. The number of pyridine rings is 1. The van der Waals surface area contributed by atoms with E-state index in [0.717, 1.165) is 10.6 Å². The SMILES string of the molecule is C[C@@H](N)c1ccc(Sc2nc(N)cc(N)n2)nc1. The van der Waals surface area contributed by atoms with Crippen molar-refractivity contribution < 1.29 is 0 Å². The fraction of sp³-hybridized carbons (Fsp3) is 0.182. The van der Waals surface area contributed by atoms with Crippen LogP contribution in [0.4, 0.5) is 11.6 Å². The summed E-state index contributed by atoms with van der Waals surface area (Å²) in [5, 5.41) is 1.25. The molecule has 0 unspecified atom stereocenters. The summed E-state index contributed by atoms with van der Waals surface area (Å²) >= 11 is 1.30. The molecule has 0 amide bonds. The predicted octanol–water partition coefficient (Wildman–Crippen LogP) is 1.21. The van der Waals surface area contributed by atoms with Crippen LogP contribution in [0.15, 0.2) is 34.6 Å². The van der Waals surface area contributed by atoms with Gasteiger partial charge in [0.2, 0.25) is 0 Å². The van der Waals surface area contributed by atoms with Crippen LogP contribution < -0.4 is 17.2 Å². The van der Waals surface area contributed by atoms with Crippen molar-refractivity contribution in [3.8, 4) is 0 Å². The highest BCUT2D eigenvalue weighted by Gasteiger charge is 2.05. The Morgan fingerprint density at radius 1 is 1.17 bits per heavy atom. The average molecular weight is 262 g/mol. The maximum Gasteiger partial charge on any atom is 0.197 e. The van der Waals surface area contributed by atoms with Crippen molar-refractivity contribution in [1.82, 2.24) is 15.0 Å². The second-order valence-electron chi connectivity index (χ2n) is 3.82. The van der Waals surface area contributed by atoms with Gasteiger partial charge in [-0.1, -0.05) is 6.07 Å². The van der Waals surface area contributed by atoms with E-state index in [9.17, 15) is 0 Å². The Bertz CT molecular complexity index is 519. The van der Waals surface area contributed by atoms with Crippen molar-refractivity contribution in [3.05, 3.63) is 30.0 Å². The zero-order valence-electron chi connectivity index (χ0n) is 9.87. The maximum atomic E-state index is 5.75. The lowest BCUT2D eigenvalue weighted by atomic mass is 10.2. The molecule has 2 rings (SSSR count). The van der Waals surface area contributed by atoms with Crippen molar-refractivity contribution in [2.45, 2.75) is 23.1 Å². The molecule has 94 valence electrons. The van der Waals surface area contributed by atoms with Crippen LogP contribution in [-0.2, 0) is 0 Å². The first-order valence-electron chi connectivity index (χ1n) is 5.34. The van der Waals surface area contributed by atoms with Gasteiger partial charge in [0.25, 0.3) is 0 Å². The number of rotatable bonds is 3. The lowest BCUT2D eigenvalue weighted by Gasteiger charge is -2.06. The van der Waals surface area contributed by atoms with Crippen molar-refractivity contribution in [2.24, 2.45) is 5.73 Å². The first-order chi connectivity index (χ1) is 8.54. The second-order valence-corrected chi connectivity index (χ2v) is 4.81. The molecule has 18 heavy (non-hydrogen) atoms. The summed E-state index contributed by atoms with van der Waals surface area (Å²) in [4.78, 5) is 12.4. The van der Waals surface area contributed by atoms with Crippen molar-refractivity contribution in [3.63, 3.8) is 0 Å². The minimum absolute atomic E-state index is 0.0317. The molecule has 6 nitrogen and oxygen atoms in total. The molecule has 6 N–H and O–H groups in total. The molecule has 0 spiro atoms. The third kappa shape index (κ3) is 3.08. The third-order valence-corrected chi connectivity index (χ3v) is 3.04. The number of nitrogens with two attached hydrogens (primary N) is 3. The molecule has 0 saturated heterocycles. The number of hydrogen-bond acceptors (Lipinski definition) is 7. The van der Waals surface area contributed by atoms with Crippen molar-refractivity contribution >= 4 is 23.4 Å². The number of anilines is 2. The van der Waals surface area contributed by atoms with E-state index in [4.69, 9.17) is 17.2 Å². The van der Waals surface area contributed by atoms with Crippen LogP contribution in [0.25, 0.3) is 0 Å². The smallest absolute Gasteiger partial charge is 0.197 e. The molecule has 0 bridgehead atoms. The summed E-state index contributed by atoms with van der Waals surface area (Å²) in [5.74, 6) is 0.689. The molecule has 1 atom stereocenters. The van der Waals surface area contributed by atoms with E-state index in [1.54, 1.807) is 6.20 Å². The Morgan fingerprint density at radius 3 is 2.33 bits per heavy atom. The van der Waals surface area contributed by atoms with Crippen LogP contribution >= 0.6 is 11.8 Å². The van der Waals surface area contributed by atoms with Gasteiger partial charge >= 0.3 is 0 Å². The van der Waals surface area contributed by atoms with Gasteiger partial charge in [-0.25, -0.2) is 15.0 Å². The Hall–Kier alpha value is -1.86. The molecule has 2 heterocycles. The minimum Gasteiger partial charge on any atom is -0.383 e. The summed E-state index contributed by atoms with van der Waals surface area (Å²) in [5.41, 5.74) is 17.9. The topological polar surface area (TPSA) is 117 Å². The number of nitrogen functional groups attached to an aromatic ring is 2. The van der Waals surface area contributed by atoms with Crippen molar-refractivity contribution in [1.29, 1.82) is 0 Å². The van der Waals surface area contributed by atoms with Gasteiger partial charge in [0, 0.05) is 18.3 Å². The molecule has 2 aromatic rings. The van der Waals surface area contributed by atoms with E-state index in [-0.39, 0.29) is 6.04 Å². The number of hydrogen-bond donors (Lipinski definition) is 3. The quantitative estimate of drug-likeness (QED) is 0.711. The Labute approximate surface area is 109 Å². The van der Waals surface area contributed by atoms with Crippen LogP contribution in [0.5, 0.6) is 0 Å². The van der Waals surface area contributed by atoms with Crippen LogP contribution in [0, 0.1) is 0 Å². The van der Waals surface area contributed by atoms with E-state index in [1.807, 2.05) is 19.1 Å². The van der Waals surface area contributed by atoms with Gasteiger partial charge in [-0.05, 0) is 30.3 Å². The van der Waals surface area contributed by atoms with E-state index in [0.29, 0.717) is 16.8 Å². The van der Waals surface area contributed by atoms with Crippen LogP contribution in [-0.4, -0.2) is 15.0 Å². The second kappa shape index (κ2) is 5.19. The van der Waals surface area contributed by atoms with E-state index in [2.05, 4.69) is 15.0 Å². The Balaban J connectivity index is 2.18. The summed E-state index contributed by atoms with van der Waals surface area (Å²) in [6.45, 7) is 1.91. The normalized spacial score (nSPS) is 12.3. The molecule has 0 aliphatic carbocycles. The van der Waals surface area contributed by atoms with Crippen LogP contribution in [0.2, 0.25) is 0 Å². The molecule has 0 aromatic carbocycles. The lowest BCUT2D eigenvalue weighted by molar-refractivity contribution is 0.806. The first-order valence-corrected chi connectivity index (χ1v) is 6.15. The summed E-state index contributed by atoms with van der Waals surface area (Å²) in [6.07, 6.45) is 1.74. The predicted molar refractivity (Wildman–Crippen MR) is 71.8 cm³/mol. The van der Waals surface area contributed by atoms with E-state index >= 15 is 0 Å². The van der Waals surface area contributed by atoms with Crippen LogP contribution in [0.1, 0.15) is 18.5 Å². The van der Waals surface area contributed by atoms with Gasteiger partial charge in [0.15, 0.2) is 5.16 Å². The van der Waals surface area contributed by atoms with Gasteiger partial charge in [-0.3, -0.25) is 0 Å². The molecule has 2 aromatic heterocycles. The summed E-state index contributed by atoms with van der Waals surface area (Å²) in [7, 11) is 0. The highest BCUT2D eigenvalue weighted by atomic mass is 32.2. The Morgan fingerprint density at radius 2 is 1.83 bits per heavy atom. The molecular weight excluding hydrogens is 248 g/mol. The van der Waals surface area contributed by atoms with Gasteiger partial charge in [0.1, 0.15) is 16.7 Å². The molecule has 0 aliphatic heterocycles. The molecule has 0 fully saturated rings. The molecule has 0 aliphatic rings. The molecular formula is C11H14N6S. The monoisotopic (exact) mass is 262 g/mol. The average Bonchev–Trinajstić information content (AvgIpc) is 2.28. The lowest BCUT2D eigenvalue weighted by Crippen LogP contribution is -2.05. The number of nitrogens with zero attached hydrogens (tertiary/aromatic N) is 3. The van der Waals surface area contributed by atoms with Gasteiger partial charge < -0.3 is 17.2 Å². The molecule has 0 radical (unpaired) electrons. The summed E-state index contributed by atoms with van der Waals surface area (Å²) in [6, 6.07) is 5.27. The molecule has 7 heteroatoms. The largest absolute Gasteiger partial charge is 0.383 e. The number of aromatic nitrogens is 3. The van der Waals surface area contributed by atoms with Crippen molar-refractivity contribution in [2.75, 3.05) is 11.5 Å². The third-order valence-electron chi connectivity index (χ3n) is 2.23. The minimum atomic E-state index is -0.0317. The standard InChI is InChI=1S/C11H14N6S/c1-6(12)7-2-3-10(15-5-7)18-11-16-8(13)4-9(14)17-11/h2-6H,12H2,1H3,(H4,13,14,16,17)/t6-/m1/s1. The van der Waals surface area contributed by atoms with Gasteiger partial charge in [-0.2, -0.15) is 0 Å². The highest BCUT2D eigenvalue weighted by molar-refractivity contribution is 7.99. The van der Waals surface area contributed by atoms with E-state index in [1.165, 1.54) is 17.8 Å². The summed E-state index contributed by atoms with van der Waals surface area (Å²) < 4.78 is 0. The fourth-order valence-corrected chi connectivity index (χ4v) is 2.05. The maximum absolute atomic E-state index is 5.75. The Kier molecular flexibility index (Phi) is 3.63. The van der Waals surface area contributed by atoms with E-state index < -0.39 is 0 Å². The fourth-order valence-electron chi connectivity index (χ4n) is 1.32. The molecule has 0 saturated carbocycles. The van der Waals surface area contributed by atoms with Crippen LogP contribution in [0.3, 0.4) is 0 Å². The first kappa shape index (κ1) is 12.6. The zero-order chi connectivity index (χ0) is 13.1. The van der Waals surface area contributed by atoms with Gasteiger partial charge in [0.05, 0.1) is 0 Å². The van der Waals surface area contributed by atoms with Gasteiger partial charge in [-0.15, -0.1) is 0 Å². The highest BCUT2D eigenvalue weighted by Crippen LogP contribution is 2.24.